The molecule has 31 heavy (non-hydrogen) atoms. The van der Waals surface area contributed by atoms with Crippen LogP contribution in [0.4, 0.5) is 11.4 Å². The zero-order valence-electron chi connectivity index (χ0n) is 17.4. The maximum Gasteiger partial charge on any atom is 0.267 e. The summed E-state index contributed by atoms with van der Waals surface area (Å²) in [4.78, 5) is 25.5. The van der Waals surface area contributed by atoms with Crippen LogP contribution in [-0.4, -0.2) is 45.2 Å². The summed E-state index contributed by atoms with van der Waals surface area (Å²) in [6.07, 6.45) is 0.696. The van der Waals surface area contributed by atoms with Crippen molar-refractivity contribution in [2.75, 3.05) is 22.4 Å². The molecular formula is C21H24ClN3O5S. The summed E-state index contributed by atoms with van der Waals surface area (Å²) in [5.41, 5.74) is 0.885. The van der Waals surface area contributed by atoms with Crippen molar-refractivity contribution in [2.24, 2.45) is 0 Å². The number of rotatable bonds is 6. The van der Waals surface area contributed by atoms with Gasteiger partial charge in [0.2, 0.25) is 10.0 Å². The minimum Gasteiger partial charge on any atom is -0.476 e. The molecule has 2 atom stereocenters. The molecule has 166 valence electrons. The maximum atomic E-state index is 13.0. The summed E-state index contributed by atoms with van der Waals surface area (Å²) in [5, 5.41) is 5.90. The van der Waals surface area contributed by atoms with Gasteiger partial charge in [-0.3, -0.25) is 13.9 Å². The van der Waals surface area contributed by atoms with Crippen LogP contribution >= 0.6 is 11.6 Å². The Balaban J connectivity index is 1.85. The van der Waals surface area contributed by atoms with E-state index in [-0.39, 0.29) is 29.9 Å². The Hall–Kier alpha value is -2.78. The molecule has 2 amide bonds. The summed E-state index contributed by atoms with van der Waals surface area (Å²) in [5.74, 6) is -0.658. The largest absolute Gasteiger partial charge is 0.476 e. The molecule has 10 heteroatoms. The van der Waals surface area contributed by atoms with Crippen LogP contribution in [0.1, 0.15) is 30.6 Å². The van der Waals surface area contributed by atoms with E-state index in [4.69, 9.17) is 16.3 Å². The van der Waals surface area contributed by atoms with Crippen LogP contribution in [0, 0.1) is 0 Å². The Morgan fingerprint density at radius 3 is 2.65 bits per heavy atom. The Bertz CT molecular complexity index is 1110. The lowest BCUT2D eigenvalue weighted by molar-refractivity contribution is -0.122. The molecule has 0 saturated carbocycles. The highest BCUT2D eigenvalue weighted by Gasteiger charge is 2.35. The average Bonchev–Trinajstić information content (AvgIpc) is 2.72. The predicted molar refractivity (Wildman–Crippen MR) is 120 cm³/mol. The van der Waals surface area contributed by atoms with Gasteiger partial charge >= 0.3 is 0 Å². The first-order valence-electron chi connectivity index (χ1n) is 9.74. The number of hydrogen-bond donors (Lipinski definition) is 2. The van der Waals surface area contributed by atoms with Gasteiger partial charge in [0.25, 0.3) is 11.8 Å². The minimum absolute atomic E-state index is 0.0235. The van der Waals surface area contributed by atoms with Crippen LogP contribution < -0.4 is 19.7 Å². The van der Waals surface area contributed by atoms with Gasteiger partial charge in [-0.2, -0.15) is 0 Å². The molecule has 0 spiro atoms. The summed E-state index contributed by atoms with van der Waals surface area (Å²) in [6.45, 7) is 3.62. The number of ether oxygens (including phenoxy) is 1. The Morgan fingerprint density at radius 2 is 1.97 bits per heavy atom. The summed E-state index contributed by atoms with van der Waals surface area (Å²) in [6, 6.07) is 11.1. The SMILES string of the molecule is CC[C@H](C)NC(=O)c1ccccc1NC(=O)[C@H]1CN(S(C)(=O)=O)c2cc(Cl)ccc2O1. The second-order valence-electron chi connectivity index (χ2n) is 7.33. The van der Waals surface area contributed by atoms with Crippen molar-refractivity contribution < 1.29 is 22.7 Å². The van der Waals surface area contributed by atoms with E-state index in [1.165, 1.54) is 12.1 Å². The third-order valence-corrected chi connectivity index (χ3v) is 6.28. The molecular weight excluding hydrogens is 442 g/mol. The molecule has 2 N–H and O–H groups in total. The zero-order chi connectivity index (χ0) is 22.8. The van der Waals surface area contributed by atoms with Crippen molar-refractivity contribution in [3.05, 3.63) is 53.1 Å². The van der Waals surface area contributed by atoms with Gasteiger partial charge in [0.15, 0.2) is 6.10 Å². The standard InChI is InChI=1S/C21H24ClN3O5S/c1-4-13(2)23-20(26)15-7-5-6-8-16(15)24-21(27)19-12-25(31(3,28)29)17-11-14(22)9-10-18(17)30-19/h5-11,13,19H,4,12H2,1-3H3,(H,23,26)(H,24,27)/t13-,19+/m0/s1. The van der Waals surface area contributed by atoms with Crippen LogP contribution in [0.3, 0.4) is 0 Å². The third-order valence-electron chi connectivity index (χ3n) is 4.90. The number of sulfonamides is 1. The van der Waals surface area contributed by atoms with Gasteiger partial charge in [0.05, 0.1) is 29.7 Å². The summed E-state index contributed by atoms with van der Waals surface area (Å²) in [7, 11) is -3.68. The molecule has 1 aliphatic rings. The number of hydrogen-bond acceptors (Lipinski definition) is 5. The fourth-order valence-corrected chi connectivity index (χ4v) is 4.15. The van der Waals surface area contributed by atoms with Crippen molar-refractivity contribution in [3.8, 4) is 5.75 Å². The first-order valence-corrected chi connectivity index (χ1v) is 12.0. The quantitative estimate of drug-likeness (QED) is 0.682. The van der Waals surface area contributed by atoms with E-state index >= 15 is 0 Å². The van der Waals surface area contributed by atoms with Gasteiger partial charge in [0.1, 0.15) is 5.75 Å². The lowest BCUT2D eigenvalue weighted by Crippen LogP contribution is -2.48. The number of nitrogens with one attached hydrogen (secondary N) is 2. The highest BCUT2D eigenvalue weighted by Crippen LogP contribution is 2.37. The number of fused-ring (bicyclic) bond motifs is 1. The molecule has 8 nitrogen and oxygen atoms in total. The summed E-state index contributed by atoms with van der Waals surface area (Å²) >= 11 is 6.00. The molecule has 0 fully saturated rings. The van der Waals surface area contributed by atoms with E-state index in [1.807, 2.05) is 13.8 Å². The number of benzene rings is 2. The lowest BCUT2D eigenvalue weighted by atomic mass is 10.1. The van der Waals surface area contributed by atoms with Crippen LogP contribution in [-0.2, 0) is 14.8 Å². The highest BCUT2D eigenvalue weighted by molar-refractivity contribution is 7.92. The van der Waals surface area contributed by atoms with Crippen LogP contribution in [0.2, 0.25) is 5.02 Å². The first kappa shape index (κ1) is 22.9. The fourth-order valence-electron chi connectivity index (χ4n) is 3.08. The second kappa shape index (κ2) is 9.15. The van der Waals surface area contributed by atoms with Crippen LogP contribution in [0.15, 0.2) is 42.5 Å². The molecule has 0 bridgehead atoms. The van der Waals surface area contributed by atoms with E-state index in [1.54, 1.807) is 30.3 Å². The number of carbonyl (C=O) groups is 2. The van der Waals surface area contributed by atoms with Gasteiger partial charge in [-0.15, -0.1) is 0 Å². The molecule has 1 heterocycles. The first-order chi connectivity index (χ1) is 14.6. The zero-order valence-corrected chi connectivity index (χ0v) is 19.0. The normalized spacial score (nSPS) is 16.6. The second-order valence-corrected chi connectivity index (χ2v) is 9.67. The Morgan fingerprint density at radius 1 is 1.26 bits per heavy atom. The van der Waals surface area contributed by atoms with Crippen LogP contribution in [0.5, 0.6) is 5.75 Å². The molecule has 0 aromatic heterocycles. The molecule has 0 saturated heterocycles. The summed E-state index contributed by atoms with van der Waals surface area (Å²) < 4.78 is 31.4. The predicted octanol–water partition coefficient (Wildman–Crippen LogP) is 3.03. The number of amides is 2. The van der Waals surface area contributed by atoms with E-state index in [0.29, 0.717) is 16.3 Å². The molecule has 2 aromatic carbocycles. The van der Waals surface area contributed by atoms with Gasteiger partial charge in [0, 0.05) is 11.1 Å². The van der Waals surface area contributed by atoms with E-state index in [0.717, 1.165) is 17.0 Å². The average molecular weight is 466 g/mol. The van der Waals surface area contributed by atoms with Crippen molar-refractivity contribution in [3.63, 3.8) is 0 Å². The molecule has 1 aliphatic heterocycles. The van der Waals surface area contributed by atoms with Gasteiger partial charge in [-0.05, 0) is 43.7 Å². The van der Waals surface area contributed by atoms with E-state index in [2.05, 4.69) is 10.6 Å². The van der Waals surface area contributed by atoms with E-state index in [9.17, 15) is 18.0 Å². The topological polar surface area (TPSA) is 105 Å². The number of nitrogens with zero attached hydrogens (tertiary/aromatic N) is 1. The van der Waals surface area contributed by atoms with Crippen LogP contribution in [0.25, 0.3) is 0 Å². The lowest BCUT2D eigenvalue weighted by Gasteiger charge is -2.34. The monoisotopic (exact) mass is 465 g/mol. The molecule has 3 rings (SSSR count). The molecule has 0 aliphatic carbocycles. The number of para-hydroxylation sites is 1. The number of carbonyl (C=O) groups excluding carboxylic acids is 2. The number of anilines is 2. The van der Waals surface area contributed by atoms with E-state index < -0.39 is 22.0 Å². The number of halogens is 1. The minimum atomic E-state index is -3.68. The Kier molecular flexibility index (Phi) is 6.76. The van der Waals surface area contributed by atoms with Gasteiger partial charge in [-0.1, -0.05) is 30.7 Å². The third kappa shape index (κ3) is 5.29. The van der Waals surface area contributed by atoms with Gasteiger partial charge in [-0.25, -0.2) is 8.42 Å². The van der Waals surface area contributed by atoms with Crippen molar-refractivity contribution in [1.82, 2.24) is 5.32 Å². The maximum absolute atomic E-state index is 13.0. The fraction of sp³-hybridized carbons (Fsp3) is 0.333. The van der Waals surface area contributed by atoms with Crippen molar-refractivity contribution in [2.45, 2.75) is 32.4 Å². The highest BCUT2D eigenvalue weighted by atomic mass is 35.5. The molecule has 2 aromatic rings. The molecule has 0 radical (unpaired) electrons. The Labute approximate surface area is 186 Å². The van der Waals surface area contributed by atoms with Crippen molar-refractivity contribution in [1.29, 1.82) is 0 Å². The molecule has 0 unspecified atom stereocenters. The van der Waals surface area contributed by atoms with Crippen molar-refractivity contribution >= 4 is 44.8 Å². The smallest absolute Gasteiger partial charge is 0.267 e. The van der Waals surface area contributed by atoms with Gasteiger partial charge < -0.3 is 15.4 Å².